The molecule has 3 saturated heterocycles. The lowest BCUT2D eigenvalue weighted by molar-refractivity contribution is -0.138. The number of carbonyl (C=O) groups is 2. The standard InChI is InChI=1S/C19H27N5O4/c1-21-16-15(17(26)24(19(21)27)10-5-11-25)23-9-4-8-22(18(23)20-16)13-6-3-7-14(12-13)28-2/h3,6-7,12,15-16,18,20,25H,4-5,8-11H2,1-2H3. The number of ether oxygens (including phenoxy) is 1. The minimum absolute atomic E-state index is 0.0525. The van der Waals surface area contributed by atoms with E-state index in [2.05, 4.69) is 15.1 Å². The van der Waals surface area contributed by atoms with Crippen molar-refractivity contribution in [3.05, 3.63) is 24.3 Å². The second kappa shape index (κ2) is 7.57. The summed E-state index contributed by atoms with van der Waals surface area (Å²) in [6.45, 7) is 1.81. The highest BCUT2D eigenvalue weighted by Gasteiger charge is 2.55. The smallest absolute Gasteiger partial charge is 0.327 e. The Labute approximate surface area is 164 Å². The predicted octanol–water partition coefficient (Wildman–Crippen LogP) is 0.0652. The number of aliphatic hydroxyl groups is 1. The van der Waals surface area contributed by atoms with Gasteiger partial charge in [-0.3, -0.25) is 19.9 Å². The number of hydrogen-bond acceptors (Lipinski definition) is 7. The lowest BCUT2D eigenvalue weighted by Crippen LogP contribution is -2.66. The maximum Gasteiger partial charge on any atom is 0.327 e. The third-order valence-electron chi connectivity index (χ3n) is 5.79. The molecule has 3 amide bonds. The third-order valence-corrected chi connectivity index (χ3v) is 5.79. The van der Waals surface area contributed by atoms with E-state index < -0.39 is 6.04 Å². The first-order valence-electron chi connectivity index (χ1n) is 9.68. The van der Waals surface area contributed by atoms with Gasteiger partial charge in [-0.15, -0.1) is 0 Å². The molecule has 0 aliphatic carbocycles. The van der Waals surface area contributed by atoms with Gasteiger partial charge in [-0.2, -0.15) is 0 Å². The number of hydrogen-bond donors (Lipinski definition) is 2. The zero-order chi connectivity index (χ0) is 19.8. The van der Waals surface area contributed by atoms with Crippen LogP contribution in [-0.2, 0) is 4.79 Å². The number of rotatable bonds is 5. The lowest BCUT2D eigenvalue weighted by atomic mass is 10.1. The molecular weight excluding hydrogens is 362 g/mol. The Morgan fingerprint density at radius 3 is 2.86 bits per heavy atom. The van der Waals surface area contributed by atoms with Gasteiger partial charge in [-0.25, -0.2) is 4.79 Å². The number of amides is 3. The van der Waals surface area contributed by atoms with Gasteiger partial charge in [0.05, 0.1) is 7.11 Å². The predicted molar refractivity (Wildman–Crippen MR) is 103 cm³/mol. The number of fused-ring (bicyclic) bond motifs is 3. The molecule has 9 heteroatoms. The summed E-state index contributed by atoms with van der Waals surface area (Å²) >= 11 is 0. The normalized spacial score (nSPS) is 27.8. The van der Waals surface area contributed by atoms with Crippen LogP contribution in [0, 0.1) is 0 Å². The molecule has 2 N–H and O–H groups in total. The molecule has 3 unspecified atom stereocenters. The topological polar surface area (TPSA) is 88.6 Å². The van der Waals surface area contributed by atoms with Crippen LogP contribution < -0.4 is 15.0 Å². The van der Waals surface area contributed by atoms with E-state index in [1.54, 1.807) is 19.1 Å². The van der Waals surface area contributed by atoms with Crippen LogP contribution in [0.25, 0.3) is 0 Å². The molecule has 4 rings (SSSR count). The zero-order valence-electron chi connectivity index (χ0n) is 16.2. The Balaban J connectivity index is 1.62. The van der Waals surface area contributed by atoms with Gasteiger partial charge in [-0.1, -0.05) is 6.07 Å². The Kier molecular flexibility index (Phi) is 5.13. The first-order valence-corrected chi connectivity index (χ1v) is 9.68. The lowest BCUT2D eigenvalue weighted by Gasteiger charge is -2.43. The highest BCUT2D eigenvalue weighted by atomic mass is 16.5. The van der Waals surface area contributed by atoms with Gasteiger partial charge in [0.1, 0.15) is 24.2 Å². The number of nitrogens with one attached hydrogen (secondary N) is 1. The fraction of sp³-hybridized carbons (Fsp3) is 0.579. The van der Waals surface area contributed by atoms with Gasteiger partial charge in [0.2, 0.25) is 0 Å². The summed E-state index contributed by atoms with van der Waals surface area (Å²) in [4.78, 5) is 33.1. The molecule has 3 aliphatic heterocycles. The van der Waals surface area contributed by atoms with E-state index in [0.29, 0.717) is 6.42 Å². The molecule has 3 atom stereocenters. The van der Waals surface area contributed by atoms with Crippen molar-refractivity contribution < 1.29 is 19.4 Å². The summed E-state index contributed by atoms with van der Waals surface area (Å²) in [7, 11) is 3.37. The average Bonchev–Trinajstić information content (AvgIpc) is 3.12. The molecule has 3 aliphatic rings. The summed E-state index contributed by atoms with van der Waals surface area (Å²) in [5.74, 6) is 0.590. The van der Waals surface area contributed by atoms with Gasteiger partial charge in [0.15, 0.2) is 0 Å². The van der Waals surface area contributed by atoms with Crippen LogP contribution in [0.5, 0.6) is 5.75 Å². The van der Waals surface area contributed by atoms with Crippen LogP contribution in [0.1, 0.15) is 12.8 Å². The summed E-state index contributed by atoms with van der Waals surface area (Å²) in [5.41, 5.74) is 1.01. The minimum atomic E-state index is -0.431. The van der Waals surface area contributed by atoms with E-state index in [-0.39, 0.29) is 37.5 Å². The molecule has 1 aromatic rings. The van der Waals surface area contributed by atoms with E-state index in [1.807, 2.05) is 24.3 Å². The summed E-state index contributed by atoms with van der Waals surface area (Å²) < 4.78 is 5.36. The van der Waals surface area contributed by atoms with Crippen molar-refractivity contribution >= 4 is 17.6 Å². The number of likely N-dealkylation sites (N-methyl/N-ethyl adjacent to an activating group) is 1. The number of imide groups is 1. The number of aliphatic hydroxyl groups excluding tert-OH is 1. The van der Waals surface area contributed by atoms with Crippen molar-refractivity contribution in [3.8, 4) is 5.75 Å². The molecular formula is C19H27N5O4. The van der Waals surface area contributed by atoms with Gasteiger partial charge in [0.25, 0.3) is 5.91 Å². The minimum Gasteiger partial charge on any atom is -0.497 e. The van der Waals surface area contributed by atoms with Crippen molar-refractivity contribution in [1.29, 1.82) is 0 Å². The molecule has 152 valence electrons. The molecule has 28 heavy (non-hydrogen) atoms. The highest BCUT2D eigenvalue weighted by Crippen LogP contribution is 2.34. The number of benzene rings is 1. The van der Waals surface area contributed by atoms with Crippen LogP contribution in [0.2, 0.25) is 0 Å². The van der Waals surface area contributed by atoms with Gasteiger partial charge >= 0.3 is 6.03 Å². The molecule has 0 radical (unpaired) electrons. The van der Waals surface area contributed by atoms with Crippen molar-refractivity contribution in [2.45, 2.75) is 31.3 Å². The summed E-state index contributed by atoms with van der Waals surface area (Å²) in [5, 5.41) is 12.6. The number of methoxy groups -OCH3 is 1. The number of carbonyl (C=O) groups excluding carboxylic acids is 2. The van der Waals surface area contributed by atoms with Crippen molar-refractivity contribution in [2.24, 2.45) is 0 Å². The molecule has 0 spiro atoms. The van der Waals surface area contributed by atoms with Crippen molar-refractivity contribution in [2.75, 3.05) is 45.3 Å². The van der Waals surface area contributed by atoms with Gasteiger partial charge < -0.3 is 19.6 Å². The number of urea groups is 1. The summed E-state index contributed by atoms with van der Waals surface area (Å²) in [6, 6.07) is 7.12. The Hall–Kier alpha value is -2.36. The highest BCUT2D eigenvalue weighted by molar-refractivity contribution is 6.00. The van der Waals surface area contributed by atoms with Gasteiger partial charge in [0, 0.05) is 45.0 Å². The fourth-order valence-corrected chi connectivity index (χ4v) is 4.41. The van der Waals surface area contributed by atoms with Crippen LogP contribution in [0.3, 0.4) is 0 Å². The second-order valence-corrected chi connectivity index (χ2v) is 7.38. The SMILES string of the molecule is COc1cccc(N2CCCN3C4C(=O)N(CCCO)C(=O)N(C)C4NC23)c1. The maximum atomic E-state index is 13.1. The van der Waals surface area contributed by atoms with E-state index in [4.69, 9.17) is 9.84 Å². The molecule has 0 bridgehead atoms. The Morgan fingerprint density at radius 2 is 2.11 bits per heavy atom. The molecule has 0 aromatic heterocycles. The van der Waals surface area contributed by atoms with E-state index in [1.165, 1.54) is 4.90 Å². The molecule has 1 aromatic carbocycles. The van der Waals surface area contributed by atoms with Crippen molar-refractivity contribution in [1.82, 2.24) is 20.0 Å². The van der Waals surface area contributed by atoms with E-state index in [0.717, 1.165) is 30.9 Å². The first kappa shape index (κ1) is 19.0. The van der Waals surface area contributed by atoms with Gasteiger partial charge in [-0.05, 0) is 25.0 Å². The molecule has 0 saturated carbocycles. The maximum absolute atomic E-state index is 13.1. The van der Waals surface area contributed by atoms with E-state index >= 15 is 0 Å². The number of anilines is 1. The van der Waals surface area contributed by atoms with Crippen LogP contribution in [0.15, 0.2) is 24.3 Å². The average molecular weight is 389 g/mol. The Morgan fingerprint density at radius 1 is 1.29 bits per heavy atom. The van der Waals surface area contributed by atoms with Crippen molar-refractivity contribution in [3.63, 3.8) is 0 Å². The number of nitrogens with zero attached hydrogens (tertiary/aromatic N) is 4. The molecule has 9 nitrogen and oxygen atoms in total. The molecule has 3 fully saturated rings. The largest absolute Gasteiger partial charge is 0.497 e. The second-order valence-electron chi connectivity index (χ2n) is 7.38. The quantitative estimate of drug-likeness (QED) is 0.737. The third kappa shape index (κ3) is 2.99. The van der Waals surface area contributed by atoms with Crippen LogP contribution >= 0.6 is 0 Å². The summed E-state index contributed by atoms with van der Waals surface area (Å²) in [6.07, 6.45) is 0.754. The van der Waals surface area contributed by atoms with E-state index in [9.17, 15) is 9.59 Å². The first-order chi connectivity index (χ1) is 13.6. The Bertz CT molecular complexity index is 760. The van der Waals surface area contributed by atoms with Crippen LogP contribution in [-0.4, -0.2) is 90.6 Å². The molecule has 3 heterocycles. The fourth-order valence-electron chi connectivity index (χ4n) is 4.41. The monoisotopic (exact) mass is 389 g/mol. The zero-order valence-corrected chi connectivity index (χ0v) is 16.2. The van der Waals surface area contributed by atoms with Crippen LogP contribution in [0.4, 0.5) is 10.5 Å².